The van der Waals surface area contributed by atoms with Crippen LogP contribution in [-0.4, -0.2) is 47.4 Å². The Morgan fingerprint density at radius 1 is 1.32 bits per heavy atom. The first kappa shape index (κ1) is 25.2. The number of ether oxygens (including phenoxy) is 1. The van der Waals surface area contributed by atoms with E-state index in [9.17, 15) is 4.21 Å². The van der Waals surface area contributed by atoms with Crippen LogP contribution in [0.1, 0.15) is 51.5 Å². The van der Waals surface area contributed by atoms with Crippen molar-refractivity contribution in [2.75, 3.05) is 26.0 Å². The first-order valence-corrected chi connectivity index (χ1v) is 11.6. The Morgan fingerprint density at radius 2 is 2.14 bits per heavy atom. The molecule has 1 saturated carbocycles. The summed E-state index contributed by atoms with van der Waals surface area (Å²) in [5.74, 6) is 2.53. The van der Waals surface area contributed by atoms with Crippen LogP contribution < -0.4 is 15.4 Å². The van der Waals surface area contributed by atoms with Gasteiger partial charge in [-0.15, -0.1) is 24.0 Å². The van der Waals surface area contributed by atoms with Gasteiger partial charge in [-0.2, -0.15) is 0 Å². The maximum Gasteiger partial charge on any atom is 0.191 e. The van der Waals surface area contributed by atoms with E-state index in [1.54, 1.807) is 7.05 Å². The zero-order chi connectivity index (χ0) is 19.5. The second-order valence-electron chi connectivity index (χ2n) is 7.04. The Kier molecular flexibility index (Phi) is 12.8. The molecule has 2 rings (SSSR count). The minimum Gasteiger partial charge on any atom is -0.494 e. The van der Waals surface area contributed by atoms with Crippen LogP contribution in [-0.2, 0) is 17.2 Å². The van der Waals surface area contributed by atoms with Gasteiger partial charge in [-0.25, -0.2) is 0 Å². The fourth-order valence-corrected chi connectivity index (χ4v) is 4.82. The summed E-state index contributed by atoms with van der Waals surface area (Å²) in [6.07, 6.45) is 6.24. The van der Waals surface area contributed by atoms with E-state index in [2.05, 4.69) is 34.7 Å². The molecular weight excluding hydrogens is 485 g/mol. The van der Waals surface area contributed by atoms with Crippen molar-refractivity contribution < 1.29 is 8.95 Å². The standard InChI is InChI=1S/C21H35N3O2S.HI/c1-4-14-26-19-10-6-8-17(15-19)12-13-23-21(22-3)24-18-9-7-11-20(16-18)27(25)5-2;/h6,8,10,15,18,20H,4-5,7,9,11-14,16H2,1-3H3,(H2,22,23,24);1H. The van der Waals surface area contributed by atoms with Gasteiger partial charge in [0.2, 0.25) is 0 Å². The molecule has 1 fully saturated rings. The number of halogens is 1. The first-order valence-electron chi connectivity index (χ1n) is 10.2. The van der Waals surface area contributed by atoms with Gasteiger partial charge in [-0.05, 0) is 49.8 Å². The zero-order valence-corrected chi connectivity index (χ0v) is 20.6. The quantitative estimate of drug-likeness (QED) is 0.294. The van der Waals surface area contributed by atoms with Crippen molar-refractivity contribution in [1.82, 2.24) is 10.6 Å². The minimum atomic E-state index is -0.698. The smallest absolute Gasteiger partial charge is 0.191 e. The second-order valence-corrected chi connectivity index (χ2v) is 9.05. The van der Waals surface area contributed by atoms with Gasteiger partial charge in [0.05, 0.1) is 6.61 Å². The highest BCUT2D eigenvalue weighted by Crippen LogP contribution is 2.23. The third-order valence-corrected chi connectivity index (χ3v) is 6.67. The van der Waals surface area contributed by atoms with Crippen LogP contribution in [0.4, 0.5) is 0 Å². The molecule has 3 unspecified atom stereocenters. The van der Waals surface area contributed by atoms with E-state index >= 15 is 0 Å². The second kappa shape index (κ2) is 14.2. The van der Waals surface area contributed by atoms with Gasteiger partial charge in [0.25, 0.3) is 0 Å². The molecule has 28 heavy (non-hydrogen) atoms. The highest BCUT2D eigenvalue weighted by atomic mass is 127. The van der Waals surface area contributed by atoms with Crippen molar-refractivity contribution >= 4 is 40.7 Å². The van der Waals surface area contributed by atoms with E-state index in [0.717, 1.165) is 69.1 Å². The zero-order valence-electron chi connectivity index (χ0n) is 17.4. The van der Waals surface area contributed by atoms with E-state index < -0.39 is 10.8 Å². The number of nitrogens with one attached hydrogen (secondary N) is 2. The SMILES string of the molecule is CCCOc1cccc(CCNC(=NC)NC2CCCC(S(=O)CC)C2)c1.I. The number of aliphatic imine (C=N–C) groups is 1. The van der Waals surface area contributed by atoms with Gasteiger partial charge in [0.15, 0.2) is 5.96 Å². The largest absolute Gasteiger partial charge is 0.494 e. The van der Waals surface area contributed by atoms with Gasteiger partial charge in [-0.3, -0.25) is 9.20 Å². The molecular formula is C21H36IN3O2S. The van der Waals surface area contributed by atoms with E-state index in [4.69, 9.17) is 4.74 Å². The summed E-state index contributed by atoms with van der Waals surface area (Å²) < 4.78 is 17.8. The summed E-state index contributed by atoms with van der Waals surface area (Å²) in [5, 5.41) is 7.25. The number of hydrogen-bond donors (Lipinski definition) is 2. The summed E-state index contributed by atoms with van der Waals surface area (Å²) >= 11 is 0. The lowest BCUT2D eigenvalue weighted by atomic mass is 9.95. The lowest BCUT2D eigenvalue weighted by Crippen LogP contribution is -2.47. The molecule has 160 valence electrons. The van der Waals surface area contributed by atoms with Crippen LogP contribution in [0.15, 0.2) is 29.3 Å². The van der Waals surface area contributed by atoms with Gasteiger partial charge >= 0.3 is 0 Å². The Labute approximate surface area is 190 Å². The number of nitrogens with zero attached hydrogens (tertiary/aromatic N) is 1. The lowest BCUT2D eigenvalue weighted by Gasteiger charge is -2.30. The molecule has 0 amide bonds. The highest BCUT2D eigenvalue weighted by molar-refractivity contribution is 14.0. The molecule has 0 bridgehead atoms. The predicted octanol–water partition coefficient (Wildman–Crippen LogP) is 3.88. The van der Waals surface area contributed by atoms with Crippen LogP contribution in [0.25, 0.3) is 0 Å². The van der Waals surface area contributed by atoms with Crippen LogP contribution in [0.2, 0.25) is 0 Å². The molecule has 1 aliphatic carbocycles. The van der Waals surface area contributed by atoms with Gasteiger partial charge in [0, 0.05) is 41.4 Å². The Hall–Kier alpha value is -0.830. The van der Waals surface area contributed by atoms with E-state index in [1.807, 2.05) is 19.1 Å². The molecule has 2 N–H and O–H groups in total. The normalized spacial score (nSPS) is 20.8. The Bertz CT molecular complexity index is 627. The van der Waals surface area contributed by atoms with Gasteiger partial charge < -0.3 is 15.4 Å². The monoisotopic (exact) mass is 521 g/mol. The van der Waals surface area contributed by atoms with E-state index in [0.29, 0.717) is 11.3 Å². The molecule has 1 aliphatic rings. The Morgan fingerprint density at radius 3 is 2.86 bits per heavy atom. The van der Waals surface area contributed by atoms with Crippen LogP contribution in [0.3, 0.4) is 0 Å². The van der Waals surface area contributed by atoms with Crippen molar-refractivity contribution in [3.05, 3.63) is 29.8 Å². The molecule has 1 aromatic carbocycles. The lowest BCUT2D eigenvalue weighted by molar-refractivity contribution is 0.317. The summed E-state index contributed by atoms with van der Waals surface area (Å²) in [5.41, 5.74) is 1.25. The number of rotatable bonds is 9. The third-order valence-electron chi connectivity index (χ3n) is 4.92. The number of guanidine groups is 1. The molecule has 3 atom stereocenters. The van der Waals surface area contributed by atoms with Gasteiger partial charge in [-0.1, -0.05) is 32.4 Å². The average molecular weight is 522 g/mol. The number of hydrogen-bond acceptors (Lipinski definition) is 3. The van der Waals surface area contributed by atoms with Gasteiger partial charge in [0.1, 0.15) is 5.75 Å². The molecule has 1 aromatic rings. The van der Waals surface area contributed by atoms with E-state index in [-0.39, 0.29) is 24.0 Å². The molecule has 0 aliphatic heterocycles. The maximum atomic E-state index is 12.1. The third kappa shape index (κ3) is 8.68. The van der Waals surface area contributed by atoms with Crippen molar-refractivity contribution in [3.63, 3.8) is 0 Å². The number of benzene rings is 1. The molecule has 7 heteroatoms. The predicted molar refractivity (Wildman–Crippen MR) is 131 cm³/mol. The fraction of sp³-hybridized carbons (Fsp3) is 0.667. The molecule has 0 heterocycles. The topological polar surface area (TPSA) is 62.7 Å². The summed E-state index contributed by atoms with van der Waals surface area (Å²) in [6.45, 7) is 5.69. The average Bonchev–Trinajstić information content (AvgIpc) is 2.71. The molecule has 0 radical (unpaired) electrons. The summed E-state index contributed by atoms with van der Waals surface area (Å²) in [7, 11) is 1.11. The minimum absolute atomic E-state index is 0. The van der Waals surface area contributed by atoms with Crippen molar-refractivity contribution in [2.24, 2.45) is 4.99 Å². The van der Waals surface area contributed by atoms with E-state index in [1.165, 1.54) is 5.56 Å². The Balaban J connectivity index is 0.00000392. The molecule has 0 aromatic heterocycles. The molecule has 0 saturated heterocycles. The molecule has 5 nitrogen and oxygen atoms in total. The maximum absolute atomic E-state index is 12.1. The fourth-order valence-electron chi connectivity index (χ4n) is 3.47. The summed E-state index contributed by atoms with van der Waals surface area (Å²) in [6, 6.07) is 8.65. The van der Waals surface area contributed by atoms with Crippen LogP contribution in [0.5, 0.6) is 5.75 Å². The highest BCUT2D eigenvalue weighted by Gasteiger charge is 2.25. The van der Waals surface area contributed by atoms with Crippen molar-refractivity contribution in [2.45, 2.75) is 63.7 Å². The summed E-state index contributed by atoms with van der Waals surface area (Å²) in [4.78, 5) is 4.36. The van der Waals surface area contributed by atoms with Crippen molar-refractivity contribution in [3.8, 4) is 5.75 Å². The van der Waals surface area contributed by atoms with Crippen LogP contribution in [0, 0.1) is 0 Å². The van der Waals surface area contributed by atoms with Crippen LogP contribution >= 0.6 is 24.0 Å². The molecule has 0 spiro atoms. The first-order chi connectivity index (χ1) is 13.2. The van der Waals surface area contributed by atoms with Crippen molar-refractivity contribution in [1.29, 1.82) is 0 Å².